The second-order valence-electron chi connectivity index (χ2n) is 9.56. The van der Waals surface area contributed by atoms with E-state index in [9.17, 15) is 18.0 Å². The summed E-state index contributed by atoms with van der Waals surface area (Å²) in [5.74, 6) is -0.163. The highest BCUT2D eigenvalue weighted by molar-refractivity contribution is 9.10. The van der Waals surface area contributed by atoms with Crippen molar-refractivity contribution in [3.8, 4) is 5.75 Å². The number of halogens is 1. The van der Waals surface area contributed by atoms with Crippen LogP contribution in [0.15, 0.2) is 82.2 Å². The smallest absolute Gasteiger partial charge is 0.264 e. The molecule has 0 bridgehead atoms. The van der Waals surface area contributed by atoms with Crippen molar-refractivity contribution in [2.24, 2.45) is 0 Å². The summed E-state index contributed by atoms with van der Waals surface area (Å²) in [4.78, 5) is 28.9. The molecule has 0 saturated carbocycles. The Morgan fingerprint density at radius 1 is 0.951 bits per heavy atom. The van der Waals surface area contributed by atoms with E-state index < -0.39 is 28.5 Å². The van der Waals surface area contributed by atoms with Crippen molar-refractivity contribution in [1.82, 2.24) is 10.2 Å². The Hall–Kier alpha value is -3.37. The van der Waals surface area contributed by atoms with Crippen molar-refractivity contribution < 1.29 is 22.7 Å². The molecule has 0 aromatic heterocycles. The van der Waals surface area contributed by atoms with Gasteiger partial charge in [-0.15, -0.1) is 0 Å². The zero-order valence-corrected chi connectivity index (χ0v) is 26.4. The molecule has 0 unspecified atom stereocenters. The summed E-state index contributed by atoms with van der Waals surface area (Å²) in [7, 11) is -4.15. The van der Waals surface area contributed by atoms with Gasteiger partial charge in [0.15, 0.2) is 0 Å². The molecule has 10 heteroatoms. The van der Waals surface area contributed by atoms with E-state index >= 15 is 0 Å². The van der Waals surface area contributed by atoms with Gasteiger partial charge >= 0.3 is 0 Å². The molecule has 2 amide bonds. The minimum atomic E-state index is -4.15. The monoisotopic (exact) mass is 643 g/mol. The second-order valence-corrected chi connectivity index (χ2v) is 12.3. The molecule has 0 aliphatic heterocycles. The van der Waals surface area contributed by atoms with Gasteiger partial charge in [-0.3, -0.25) is 13.9 Å². The van der Waals surface area contributed by atoms with Gasteiger partial charge in [0.25, 0.3) is 10.0 Å². The van der Waals surface area contributed by atoms with E-state index in [1.807, 2.05) is 52.0 Å². The summed E-state index contributed by atoms with van der Waals surface area (Å²) in [6.07, 6.45) is 1.13. The molecule has 1 N–H and O–H groups in total. The van der Waals surface area contributed by atoms with Crippen LogP contribution in [0, 0.1) is 6.92 Å². The Morgan fingerprint density at radius 3 is 2.20 bits per heavy atom. The number of rotatable bonds is 14. The van der Waals surface area contributed by atoms with E-state index in [2.05, 4.69) is 21.2 Å². The fraction of sp³-hybridized carbons (Fsp3) is 0.355. The Bertz CT molecular complexity index is 1410. The van der Waals surface area contributed by atoms with Crippen LogP contribution in [-0.2, 0) is 26.2 Å². The number of hydrogen-bond donors (Lipinski definition) is 1. The molecule has 220 valence electrons. The normalized spacial score (nSPS) is 11.9. The number of benzene rings is 3. The molecular weight excluding hydrogens is 606 g/mol. The number of ether oxygens (including phenoxy) is 1. The Balaban J connectivity index is 2.06. The number of aryl methyl sites for hydroxylation is 1. The van der Waals surface area contributed by atoms with Crippen LogP contribution in [0.3, 0.4) is 0 Å². The minimum Gasteiger partial charge on any atom is -0.494 e. The van der Waals surface area contributed by atoms with Crippen LogP contribution in [0.2, 0.25) is 0 Å². The van der Waals surface area contributed by atoms with E-state index in [4.69, 9.17) is 4.74 Å². The predicted molar refractivity (Wildman–Crippen MR) is 165 cm³/mol. The molecule has 0 saturated heterocycles. The van der Waals surface area contributed by atoms with E-state index in [0.29, 0.717) is 31.0 Å². The highest BCUT2D eigenvalue weighted by atomic mass is 79.9. The van der Waals surface area contributed by atoms with Gasteiger partial charge in [-0.2, -0.15) is 0 Å². The van der Waals surface area contributed by atoms with Gasteiger partial charge in [0, 0.05) is 17.6 Å². The first-order valence-corrected chi connectivity index (χ1v) is 16.0. The van der Waals surface area contributed by atoms with Gasteiger partial charge in [-0.1, -0.05) is 54.0 Å². The number of amides is 2. The average molecular weight is 645 g/mol. The maximum Gasteiger partial charge on any atom is 0.264 e. The van der Waals surface area contributed by atoms with Crippen LogP contribution in [0.25, 0.3) is 0 Å². The van der Waals surface area contributed by atoms with Crippen molar-refractivity contribution in [3.63, 3.8) is 0 Å². The van der Waals surface area contributed by atoms with Crippen LogP contribution in [0.4, 0.5) is 5.69 Å². The molecule has 8 nitrogen and oxygen atoms in total. The highest BCUT2D eigenvalue weighted by Gasteiger charge is 2.33. The first kappa shape index (κ1) is 32.1. The molecule has 0 fully saturated rings. The van der Waals surface area contributed by atoms with E-state index in [1.165, 1.54) is 17.0 Å². The lowest BCUT2D eigenvalue weighted by molar-refractivity contribution is -0.140. The number of carbonyl (C=O) groups excluding carboxylic acids is 2. The van der Waals surface area contributed by atoms with Gasteiger partial charge in [0.05, 0.1) is 17.2 Å². The lowest BCUT2D eigenvalue weighted by Crippen LogP contribution is -2.52. The molecule has 0 radical (unpaired) electrons. The quantitative estimate of drug-likeness (QED) is 0.244. The third kappa shape index (κ3) is 8.33. The molecule has 0 aliphatic rings. The van der Waals surface area contributed by atoms with Crippen molar-refractivity contribution in [2.75, 3.05) is 24.0 Å². The molecule has 41 heavy (non-hydrogen) atoms. The predicted octanol–water partition coefficient (Wildman–Crippen LogP) is 5.69. The maximum atomic E-state index is 14.1. The van der Waals surface area contributed by atoms with Crippen LogP contribution >= 0.6 is 15.9 Å². The Kier molecular flexibility index (Phi) is 11.8. The lowest BCUT2D eigenvalue weighted by Gasteiger charge is -2.33. The van der Waals surface area contributed by atoms with Gasteiger partial charge < -0.3 is 15.0 Å². The topological polar surface area (TPSA) is 96.0 Å². The minimum absolute atomic E-state index is 0.0422. The standard InChI is InChI=1S/C31H38BrN3O5S/c1-5-20-33-31(37)29(6-2)34(21-24-11-9-8-10-23(24)4)30(36)22-35(26-14-16-27(17-15-26)40-7-3)41(38,39)28-18-12-25(32)13-19-28/h8-19,29H,5-7,20-22H2,1-4H3,(H,33,37)/t29-/m1/s1. The molecular formula is C31H38BrN3O5S. The number of nitrogens with one attached hydrogen (secondary N) is 1. The molecule has 0 spiro atoms. The highest BCUT2D eigenvalue weighted by Crippen LogP contribution is 2.28. The van der Waals surface area contributed by atoms with Crippen LogP contribution in [0.5, 0.6) is 5.75 Å². The SMILES string of the molecule is CCCNC(=O)[C@@H](CC)N(Cc1ccccc1C)C(=O)CN(c1ccc(OCC)cc1)S(=O)(=O)c1ccc(Br)cc1. The zero-order valence-electron chi connectivity index (χ0n) is 24.0. The fourth-order valence-electron chi connectivity index (χ4n) is 4.39. The van der Waals surface area contributed by atoms with Gasteiger partial charge in [0.2, 0.25) is 11.8 Å². The van der Waals surface area contributed by atoms with E-state index in [1.54, 1.807) is 36.4 Å². The first-order valence-electron chi connectivity index (χ1n) is 13.7. The Morgan fingerprint density at radius 2 is 1.61 bits per heavy atom. The van der Waals surface area contributed by atoms with E-state index in [-0.39, 0.29) is 17.3 Å². The Labute approximate surface area is 251 Å². The molecule has 3 aromatic carbocycles. The second kappa shape index (κ2) is 15.0. The largest absolute Gasteiger partial charge is 0.494 e. The number of nitrogens with zero attached hydrogens (tertiary/aromatic N) is 2. The molecule has 3 aromatic rings. The van der Waals surface area contributed by atoms with Gasteiger partial charge in [0.1, 0.15) is 18.3 Å². The third-order valence-corrected chi connectivity index (χ3v) is 8.97. The van der Waals surface area contributed by atoms with Crippen LogP contribution in [-0.4, -0.2) is 50.9 Å². The molecule has 0 aliphatic carbocycles. The van der Waals surface area contributed by atoms with Gasteiger partial charge in [-0.25, -0.2) is 8.42 Å². The first-order chi connectivity index (χ1) is 19.6. The summed E-state index contributed by atoms with van der Waals surface area (Å²) < 4.78 is 35.3. The number of carbonyl (C=O) groups is 2. The zero-order chi connectivity index (χ0) is 30.0. The summed E-state index contributed by atoms with van der Waals surface area (Å²) in [5, 5.41) is 2.90. The summed E-state index contributed by atoms with van der Waals surface area (Å²) in [6, 6.07) is 19.7. The molecule has 3 rings (SSSR count). The fourth-order valence-corrected chi connectivity index (χ4v) is 6.07. The molecule has 0 heterocycles. The lowest BCUT2D eigenvalue weighted by atomic mass is 10.1. The van der Waals surface area contributed by atoms with Crippen molar-refractivity contribution >= 4 is 43.5 Å². The third-order valence-electron chi connectivity index (χ3n) is 6.65. The van der Waals surface area contributed by atoms with Crippen LogP contribution < -0.4 is 14.4 Å². The average Bonchev–Trinajstić information content (AvgIpc) is 2.96. The van der Waals surface area contributed by atoms with Crippen molar-refractivity contribution in [1.29, 1.82) is 0 Å². The maximum absolute atomic E-state index is 14.1. The summed E-state index contributed by atoms with van der Waals surface area (Å²) in [5.41, 5.74) is 2.16. The number of hydrogen-bond acceptors (Lipinski definition) is 5. The van der Waals surface area contributed by atoms with E-state index in [0.717, 1.165) is 26.3 Å². The summed E-state index contributed by atoms with van der Waals surface area (Å²) in [6.45, 7) is 8.23. The molecule has 1 atom stereocenters. The van der Waals surface area contributed by atoms with Crippen LogP contribution in [0.1, 0.15) is 44.7 Å². The number of sulfonamides is 1. The van der Waals surface area contributed by atoms with Crippen molar-refractivity contribution in [2.45, 2.75) is 58.0 Å². The van der Waals surface area contributed by atoms with Gasteiger partial charge in [-0.05, 0) is 86.3 Å². The number of anilines is 1. The summed E-state index contributed by atoms with van der Waals surface area (Å²) >= 11 is 3.35. The van der Waals surface area contributed by atoms with Crippen molar-refractivity contribution in [3.05, 3.63) is 88.4 Å².